The van der Waals surface area contributed by atoms with E-state index < -0.39 is 0 Å². The fourth-order valence-corrected chi connectivity index (χ4v) is 2.82. The molecule has 2 aliphatic rings. The van der Waals surface area contributed by atoms with Gasteiger partial charge in [-0.25, -0.2) is 4.79 Å². The van der Waals surface area contributed by atoms with Gasteiger partial charge in [-0.3, -0.25) is 4.79 Å². The molecule has 1 aliphatic carbocycles. The van der Waals surface area contributed by atoms with Crippen LogP contribution in [0.15, 0.2) is 16.9 Å². The first-order valence-corrected chi connectivity index (χ1v) is 8.20. The Morgan fingerprint density at radius 2 is 1.91 bits per heavy atom. The smallest absolute Gasteiger partial charge is 0.318 e. The van der Waals surface area contributed by atoms with Crippen LogP contribution in [0.1, 0.15) is 45.3 Å². The van der Waals surface area contributed by atoms with E-state index in [0.717, 1.165) is 18.5 Å². The van der Waals surface area contributed by atoms with Crippen molar-refractivity contribution in [1.82, 2.24) is 14.8 Å². The van der Waals surface area contributed by atoms with Crippen LogP contribution in [0.2, 0.25) is 0 Å². The molecule has 2 heterocycles. The lowest BCUT2D eigenvalue weighted by Gasteiger charge is -2.40. The van der Waals surface area contributed by atoms with E-state index in [1.54, 1.807) is 11.0 Å². The summed E-state index contributed by atoms with van der Waals surface area (Å²) >= 11 is 0. The van der Waals surface area contributed by atoms with Gasteiger partial charge in [0.2, 0.25) is 0 Å². The van der Waals surface area contributed by atoms with Crippen molar-refractivity contribution in [2.24, 2.45) is 0 Å². The molecule has 0 radical (unpaired) electrons. The minimum atomic E-state index is -0.243. The van der Waals surface area contributed by atoms with Gasteiger partial charge in [0.25, 0.3) is 5.56 Å². The van der Waals surface area contributed by atoms with Gasteiger partial charge in [-0.15, -0.1) is 0 Å². The van der Waals surface area contributed by atoms with Crippen LogP contribution >= 0.6 is 0 Å². The van der Waals surface area contributed by atoms with Crippen LogP contribution in [0.25, 0.3) is 0 Å². The molecule has 1 aromatic rings. The fourth-order valence-electron chi connectivity index (χ4n) is 2.82. The third kappa shape index (κ3) is 3.68. The number of carbonyl (C=O) groups is 1. The maximum atomic E-state index is 12.2. The number of aromatic nitrogens is 1. The standard InChI is InChI=1S/C17H25N3O3/c1-11-7-13(8-15(21)20(11)12-5-6-12)23-14-9-19(10-14)16(22)18-17(2,3)4/h7-8,12,14H,5-6,9-10H2,1-4H3,(H,18,22). The summed E-state index contributed by atoms with van der Waals surface area (Å²) in [5.41, 5.74) is 0.703. The topological polar surface area (TPSA) is 63.6 Å². The van der Waals surface area contributed by atoms with Crippen molar-refractivity contribution in [3.8, 4) is 5.75 Å². The largest absolute Gasteiger partial charge is 0.486 e. The summed E-state index contributed by atoms with van der Waals surface area (Å²) < 4.78 is 7.69. The molecule has 2 fully saturated rings. The number of hydrogen-bond acceptors (Lipinski definition) is 3. The van der Waals surface area contributed by atoms with Crippen LogP contribution < -0.4 is 15.6 Å². The van der Waals surface area contributed by atoms with Crippen molar-refractivity contribution < 1.29 is 9.53 Å². The molecule has 0 atom stereocenters. The molecule has 0 spiro atoms. The molecule has 0 bridgehead atoms. The maximum Gasteiger partial charge on any atom is 0.318 e. The van der Waals surface area contributed by atoms with Crippen LogP contribution in [0, 0.1) is 6.92 Å². The molecule has 126 valence electrons. The Bertz CT molecular complexity index is 665. The van der Waals surface area contributed by atoms with E-state index in [4.69, 9.17) is 4.74 Å². The molecule has 23 heavy (non-hydrogen) atoms. The van der Waals surface area contributed by atoms with E-state index in [1.165, 1.54) is 0 Å². The van der Waals surface area contributed by atoms with Crippen LogP contribution in [0.4, 0.5) is 4.79 Å². The number of amides is 2. The number of hydrogen-bond donors (Lipinski definition) is 1. The van der Waals surface area contributed by atoms with Crippen LogP contribution in [-0.2, 0) is 0 Å². The molecular formula is C17H25N3O3. The Labute approximate surface area is 136 Å². The second-order valence-corrected chi connectivity index (χ2v) is 7.60. The van der Waals surface area contributed by atoms with Gasteiger partial charge in [0, 0.05) is 23.3 Å². The summed E-state index contributed by atoms with van der Waals surface area (Å²) in [6, 6.07) is 3.77. The number of rotatable bonds is 3. The third-order valence-corrected chi connectivity index (χ3v) is 4.07. The summed E-state index contributed by atoms with van der Waals surface area (Å²) in [7, 11) is 0. The van der Waals surface area contributed by atoms with Crippen LogP contribution in [0.5, 0.6) is 5.75 Å². The molecule has 1 aromatic heterocycles. The van der Waals surface area contributed by atoms with Gasteiger partial charge < -0.3 is 19.5 Å². The molecule has 0 unspecified atom stereocenters. The fraction of sp³-hybridized carbons (Fsp3) is 0.647. The number of aryl methyl sites for hydroxylation is 1. The molecule has 2 amide bonds. The van der Waals surface area contributed by atoms with Gasteiger partial charge in [0.1, 0.15) is 11.9 Å². The zero-order chi connectivity index (χ0) is 16.8. The van der Waals surface area contributed by atoms with E-state index in [1.807, 2.05) is 38.3 Å². The number of urea groups is 1. The van der Waals surface area contributed by atoms with Gasteiger partial charge in [-0.2, -0.15) is 0 Å². The van der Waals surface area contributed by atoms with Crippen LogP contribution in [-0.4, -0.2) is 40.2 Å². The second kappa shape index (κ2) is 5.58. The molecule has 0 aromatic carbocycles. The number of nitrogens with one attached hydrogen (secondary N) is 1. The molecule has 6 nitrogen and oxygen atoms in total. The van der Waals surface area contributed by atoms with Gasteiger partial charge in [0.05, 0.1) is 13.1 Å². The zero-order valence-electron chi connectivity index (χ0n) is 14.3. The molecule has 1 aliphatic heterocycles. The van der Waals surface area contributed by atoms with Gasteiger partial charge in [-0.1, -0.05) is 0 Å². The second-order valence-electron chi connectivity index (χ2n) is 7.60. The monoisotopic (exact) mass is 319 g/mol. The van der Waals surface area contributed by atoms with E-state index in [-0.39, 0.29) is 23.2 Å². The summed E-state index contributed by atoms with van der Waals surface area (Å²) in [6.45, 7) is 8.90. The molecule has 1 N–H and O–H groups in total. The first-order chi connectivity index (χ1) is 10.7. The Morgan fingerprint density at radius 1 is 1.26 bits per heavy atom. The van der Waals surface area contributed by atoms with Crippen LogP contribution in [0.3, 0.4) is 0 Å². The summed E-state index contributed by atoms with van der Waals surface area (Å²) in [4.78, 5) is 25.9. The maximum absolute atomic E-state index is 12.2. The normalized spacial score (nSPS) is 18.5. The van der Waals surface area contributed by atoms with Gasteiger partial charge in [0.15, 0.2) is 0 Å². The van der Waals surface area contributed by atoms with E-state index >= 15 is 0 Å². The quantitative estimate of drug-likeness (QED) is 0.927. The van der Waals surface area contributed by atoms with E-state index in [9.17, 15) is 9.59 Å². The molecular weight excluding hydrogens is 294 g/mol. The molecule has 1 saturated carbocycles. The number of ether oxygens (including phenoxy) is 1. The lowest BCUT2D eigenvalue weighted by Crippen LogP contribution is -2.61. The highest BCUT2D eigenvalue weighted by molar-refractivity contribution is 5.75. The molecule has 3 rings (SSSR count). The zero-order valence-corrected chi connectivity index (χ0v) is 14.3. The van der Waals surface area contributed by atoms with Gasteiger partial charge >= 0.3 is 6.03 Å². The van der Waals surface area contributed by atoms with Crippen molar-refractivity contribution in [3.05, 3.63) is 28.2 Å². The Morgan fingerprint density at radius 3 is 2.43 bits per heavy atom. The Kier molecular flexibility index (Phi) is 3.86. The van der Waals surface area contributed by atoms with Crippen molar-refractivity contribution in [2.45, 2.75) is 58.2 Å². The molecule has 6 heteroatoms. The average molecular weight is 319 g/mol. The van der Waals surface area contributed by atoms with Crippen molar-refractivity contribution in [3.63, 3.8) is 0 Å². The first kappa shape index (κ1) is 15.9. The highest BCUT2D eigenvalue weighted by atomic mass is 16.5. The number of pyridine rings is 1. The average Bonchev–Trinajstić information content (AvgIpc) is 3.14. The number of nitrogens with zero attached hydrogens (tertiary/aromatic N) is 2. The number of carbonyl (C=O) groups excluding carboxylic acids is 1. The lowest BCUT2D eigenvalue weighted by molar-refractivity contribution is 0.0421. The van der Waals surface area contributed by atoms with Crippen molar-refractivity contribution in [2.75, 3.05) is 13.1 Å². The predicted octanol–water partition coefficient (Wildman–Crippen LogP) is 2.06. The Balaban J connectivity index is 1.56. The minimum absolute atomic E-state index is 0.00385. The van der Waals surface area contributed by atoms with E-state index in [0.29, 0.717) is 24.9 Å². The lowest BCUT2D eigenvalue weighted by atomic mass is 10.1. The first-order valence-electron chi connectivity index (χ1n) is 8.20. The predicted molar refractivity (Wildman–Crippen MR) is 88.0 cm³/mol. The van der Waals surface area contributed by atoms with Crippen molar-refractivity contribution >= 4 is 6.03 Å². The van der Waals surface area contributed by atoms with Crippen molar-refractivity contribution in [1.29, 1.82) is 0 Å². The SMILES string of the molecule is Cc1cc(OC2CN(C(=O)NC(C)(C)C)C2)cc(=O)n1C1CC1. The van der Waals surface area contributed by atoms with E-state index in [2.05, 4.69) is 5.32 Å². The highest BCUT2D eigenvalue weighted by Gasteiger charge is 2.34. The summed E-state index contributed by atoms with van der Waals surface area (Å²) in [5.74, 6) is 0.602. The summed E-state index contributed by atoms with van der Waals surface area (Å²) in [5, 5.41) is 2.93. The third-order valence-electron chi connectivity index (χ3n) is 4.07. The highest BCUT2D eigenvalue weighted by Crippen LogP contribution is 2.35. The Hall–Kier alpha value is -1.98. The minimum Gasteiger partial charge on any atom is -0.486 e. The summed E-state index contributed by atoms with van der Waals surface area (Å²) in [6.07, 6.45) is 2.12. The molecule has 1 saturated heterocycles. The number of likely N-dealkylation sites (tertiary alicyclic amines) is 1. The van der Waals surface area contributed by atoms with Gasteiger partial charge in [-0.05, 0) is 46.6 Å².